The zero-order valence-electron chi connectivity index (χ0n) is 30.1. The number of nitrogens with two attached hydrogens (primary N) is 1. The van der Waals surface area contributed by atoms with Crippen molar-refractivity contribution in [1.82, 2.24) is 15.5 Å². The molecule has 51 heavy (non-hydrogen) atoms. The number of hydrogen-bond acceptors (Lipinski definition) is 10. The lowest BCUT2D eigenvalue weighted by molar-refractivity contribution is -0.188. The molecule has 1 aliphatic heterocycles. The van der Waals surface area contributed by atoms with Gasteiger partial charge in [-0.15, -0.1) is 0 Å². The van der Waals surface area contributed by atoms with Gasteiger partial charge >= 0.3 is 18.0 Å². The second kappa shape index (κ2) is 19.3. The summed E-state index contributed by atoms with van der Waals surface area (Å²) in [6.45, 7) is 10.7. The molecular formula is C37H50N4O10. The maximum absolute atomic E-state index is 13.6. The molecule has 1 saturated heterocycles. The highest BCUT2D eigenvalue weighted by Crippen LogP contribution is 2.20. The van der Waals surface area contributed by atoms with E-state index in [0.29, 0.717) is 37.2 Å². The molecule has 0 bridgehead atoms. The van der Waals surface area contributed by atoms with Crippen molar-refractivity contribution in [2.45, 2.75) is 85.6 Å². The van der Waals surface area contributed by atoms with Crippen molar-refractivity contribution in [2.24, 2.45) is 23.5 Å². The Morgan fingerprint density at radius 1 is 0.843 bits per heavy atom. The van der Waals surface area contributed by atoms with Crippen LogP contribution < -0.4 is 25.8 Å². The zero-order chi connectivity index (χ0) is 37.7. The Balaban J connectivity index is 1.71. The van der Waals surface area contributed by atoms with Crippen LogP contribution in [0.2, 0.25) is 0 Å². The number of esters is 2. The van der Waals surface area contributed by atoms with Gasteiger partial charge in [0.2, 0.25) is 18.1 Å². The van der Waals surface area contributed by atoms with Crippen LogP contribution in [0.3, 0.4) is 0 Å². The molecule has 4 amide bonds. The number of ether oxygens (including phenoxy) is 4. The quantitative estimate of drug-likeness (QED) is 0.172. The molecule has 1 fully saturated rings. The first kappa shape index (κ1) is 40.3. The molecule has 14 nitrogen and oxygen atoms in total. The second-order valence-electron chi connectivity index (χ2n) is 13.3. The van der Waals surface area contributed by atoms with Crippen molar-refractivity contribution in [1.29, 1.82) is 0 Å². The fourth-order valence-corrected chi connectivity index (χ4v) is 5.28. The number of amides is 4. The van der Waals surface area contributed by atoms with E-state index in [0.717, 1.165) is 5.56 Å². The number of nitrogens with zero attached hydrogens (tertiary/aromatic N) is 1. The average molecular weight is 711 g/mol. The maximum atomic E-state index is 13.6. The molecule has 0 aliphatic carbocycles. The van der Waals surface area contributed by atoms with E-state index in [2.05, 4.69) is 10.6 Å². The summed E-state index contributed by atoms with van der Waals surface area (Å²) in [6, 6.07) is 11.4. The van der Waals surface area contributed by atoms with Crippen LogP contribution >= 0.6 is 0 Å². The van der Waals surface area contributed by atoms with Gasteiger partial charge in [-0.3, -0.25) is 19.2 Å². The minimum Gasteiger partial charge on any atom is -0.484 e. The Morgan fingerprint density at radius 2 is 1.47 bits per heavy atom. The van der Waals surface area contributed by atoms with Crippen molar-refractivity contribution >= 4 is 35.8 Å². The number of carbonyl (C=O) groups is 6. The number of carbonyl (C=O) groups excluding carboxylic acids is 6. The van der Waals surface area contributed by atoms with E-state index in [4.69, 9.17) is 24.7 Å². The summed E-state index contributed by atoms with van der Waals surface area (Å²) in [5.74, 6) is -2.87. The van der Waals surface area contributed by atoms with Crippen molar-refractivity contribution in [2.75, 3.05) is 19.7 Å². The van der Waals surface area contributed by atoms with Crippen LogP contribution in [0.25, 0.3) is 0 Å². The van der Waals surface area contributed by atoms with Gasteiger partial charge in [0.1, 0.15) is 23.6 Å². The van der Waals surface area contributed by atoms with Crippen molar-refractivity contribution in [3.05, 3.63) is 59.7 Å². The minimum absolute atomic E-state index is 0.00368. The number of likely N-dealkylation sites (tertiary alicyclic amines) is 1. The van der Waals surface area contributed by atoms with Gasteiger partial charge < -0.3 is 40.2 Å². The summed E-state index contributed by atoms with van der Waals surface area (Å²) in [4.78, 5) is 77.7. The Bertz CT molecular complexity index is 1520. The second-order valence-corrected chi connectivity index (χ2v) is 13.3. The number of hydrogen-bond donors (Lipinski definition) is 3. The lowest BCUT2D eigenvalue weighted by atomic mass is 9.97. The minimum atomic E-state index is -1.24. The number of primary amides is 1. The lowest BCUT2D eigenvalue weighted by Gasteiger charge is -2.29. The summed E-state index contributed by atoms with van der Waals surface area (Å²) in [7, 11) is 0. The summed E-state index contributed by atoms with van der Waals surface area (Å²) >= 11 is 0. The van der Waals surface area contributed by atoms with Crippen molar-refractivity contribution < 1.29 is 47.7 Å². The first-order valence-electron chi connectivity index (χ1n) is 17.2. The van der Waals surface area contributed by atoms with Gasteiger partial charge in [-0.05, 0) is 61.4 Å². The molecule has 0 radical (unpaired) electrons. The Kier molecular flexibility index (Phi) is 15.3. The van der Waals surface area contributed by atoms with E-state index in [9.17, 15) is 28.8 Å². The Labute approximate surface area is 298 Å². The third-order valence-electron chi connectivity index (χ3n) is 8.17. The predicted octanol–water partition coefficient (Wildman–Crippen LogP) is 3.42. The molecule has 0 saturated carbocycles. The number of benzene rings is 2. The summed E-state index contributed by atoms with van der Waals surface area (Å²) in [5, 5.41) is 5.42. The van der Waals surface area contributed by atoms with Gasteiger partial charge in [0.05, 0.1) is 5.92 Å². The molecule has 3 atom stereocenters. The van der Waals surface area contributed by atoms with Crippen LogP contribution in [0, 0.1) is 24.7 Å². The van der Waals surface area contributed by atoms with Gasteiger partial charge in [-0.1, -0.05) is 58.0 Å². The molecule has 2 aromatic carbocycles. The fourth-order valence-electron chi connectivity index (χ4n) is 5.28. The van der Waals surface area contributed by atoms with Crippen LogP contribution in [0.4, 0.5) is 4.79 Å². The van der Waals surface area contributed by atoms with Crippen LogP contribution in [-0.2, 0) is 39.9 Å². The molecular weight excluding hydrogens is 660 g/mol. The third kappa shape index (κ3) is 13.3. The topological polar surface area (TPSA) is 193 Å². The molecule has 0 aromatic heterocycles. The lowest BCUT2D eigenvalue weighted by Crippen LogP contribution is -2.54. The van der Waals surface area contributed by atoms with Crippen LogP contribution in [0.1, 0.15) is 65.0 Å². The van der Waals surface area contributed by atoms with E-state index in [1.54, 1.807) is 50.2 Å². The molecule has 4 N–H and O–H groups in total. The largest absolute Gasteiger partial charge is 0.484 e. The predicted molar refractivity (Wildman–Crippen MR) is 186 cm³/mol. The van der Waals surface area contributed by atoms with E-state index in [1.165, 1.54) is 11.8 Å². The summed E-state index contributed by atoms with van der Waals surface area (Å²) < 4.78 is 21.7. The van der Waals surface area contributed by atoms with Crippen molar-refractivity contribution in [3.8, 4) is 11.5 Å². The molecule has 1 aliphatic rings. The maximum Gasteiger partial charge on any atom is 0.415 e. The monoisotopic (exact) mass is 710 g/mol. The first-order chi connectivity index (χ1) is 24.1. The highest BCUT2D eigenvalue weighted by Gasteiger charge is 2.31. The van der Waals surface area contributed by atoms with Gasteiger partial charge in [0.25, 0.3) is 5.91 Å². The van der Waals surface area contributed by atoms with Gasteiger partial charge in [0, 0.05) is 32.4 Å². The third-order valence-corrected chi connectivity index (χ3v) is 8.17. The zero-order valence-corrected chi connectivity index (χ0v) is 30.1. The average Bonchev–Trinajstić information content (AvgIpc) is 3.07. The standard InChI is InChI=1S/C37H50N4O10/c1-22(2)19-29(39-32(42)21-48-31-10-8-7-9-24(31)5)34(44)40-30(36(46)50-25(6)49-35(45)23(3)4)20-26-11-13-28(14-12-26)51-37(47)41-17-15-27(16-18-41)33(38)43/h7-14,22-23,25,27,29-30H,15-21H2,1-6H3,(H2,38,43)(H,39,42)(H,40,44)/t25?,29-,30-/m0/s1. The normalized spacial score (nSPS) is 14.9. The molecule has 3 rings (SSSR count). The van der Waals surface area contributed by atoms with E-state index in [-0.39, 0.29) is 42.9 Å². The summed E-state index contributed by atoms with van der Waals surface area (Å²) in [5.41, 5.74) is 6.82. The molecule has 14 heteroatoms. The van der Waals surface area contributed by atoms with E-state index >= 15 is 0 Å². The SMILES string of the molecule is Cc1ccccc1OCC(=O)N[C@@H](CC(C)C)C(=O)N[C@@H](Cc1ccc(OC(=O)N2CCC(C(N)=O)CC2)cc1)C(=O)OC(C)OC(=O)C(C)C. The first-order valence-corrected chi connectivity index (χ1v) is 17.2. The van der Waals surface area contributed by atoms with Crippen LogP contribution in [0.5, 0.6) is 11.5 Å². The highest BCUT2D eigenvalue weighted by atomic mass is 16.7. The van der Waals surface area contributed by atoms with Gasteiger partial charge in [0.15, 0.2) is 6.61 Å². The number of para-hydroxylation sites is 1. The van der Waals surface area contributed by atoms with Gasteiger partial charge in [-0.25, -0.2) is 9.59 Å². The van der Waals surface area contributed by atoms with Crippen molar-refractivity contribution in [3.63, 3.8) is 0 Å². The molecule has 1 unspecified atom stereocenters. The molecule has 1 heterocycles. The number of nitrogens with one attached hydrogen (secondary N) is 2. The molecule has 2 aromatic rings. The smallest absolute Gasteiger partial charge is 0.415 e. The number of rotatable bonds is 16. The Hall–Kier alpha value is -5.14. The van der Waals surface area contributed by atoms with Crippen LogP contribution in [-0.4, -0.2) is 78.7 Å². The van der Waals surface area contributed by atoms with Gasteiger partial charge in [-0.2, -0.15) is 0 Å². The Morgan fingerprint density at radius 3 is 2.06 bits per heavy atom. The fraction of sp³-hybridized carbons (Fsp3) is 0.514. The van der Waals surface area contributed by atoms with E-state index in [1.807, 2.05) is 32.9 Å². The number of piperidine rings is 1. The van der Waals surface area contributed by atoms with E-state index < -0.39 is 54.1 Å². The molecule has 0 spiro atoms. The number of aryl methyl sites for hydroxylation is 1. The molecule has 278 valence electrons. The van der Waals surface area contributed by atoms with Crippen LogP contribution in [0.15, 0.2) is 48.5 Å². The summed E-state index contributed by atoms with van der Waals surface area (Å²) in [6.07, 6.45) is -0.636. The highest BCUT2D eigenvalue weighted by molar-refractivity contribution is 5.91.